The molecule has 0 aliphatic heterocycles. The Kier molecular flexibility index (Phi) is 5.38. The second-order valence-electron chi connectivity index (χ2n) is 1.86. The molecule has 3 N–H and O–H groups in total. The van der Waals surface area contributed by atoms with E-state index in [1.807, 2.05) is 12.3 Å². The van der Waals surface area contributed by atoms with Crippen molar-refractivity contribution in [3.63, 3.8) is 0 Å². The van der Waals surface area contributed by atoms with Gasteiger partial charge in [0.1, 0.15) is 5.75 Å². The van der Waals surface area contributed by atoms with Gasteiger partial charge in [-0.2, -0.15) is 0 Å². The zero-order chi connectivity index (χ0) is 7.98. The van der Waals surface area contributed by atoms with Crippen LogP contribution >= 0.6 is 0 Å². The minimum atomic E-state index is -1.04. The first-order valence-corrected chi connectivity index (χ1v) is 4.54. The molecule has 5 heteroatoms. The Labute approximate surface area is 63.3 Å². The maximum Gasteiger partial charge on any atom is 0.283 e. The van der Waals surface area contributed by atoms with E-state index >= 15 is 0 Å². The molecule has 0 radical (unpaired) electrons. The van der Waals surface area contributed by atoms with Gasteiger partial charge in [0, 0.05) is 0 Å². The summed E-state index contributed by atoms with van der Waals surface area (Å²) in [7, 11) is 0. The van der Waals surface area contributed by atoms with Gasteiger partial charge in [-0.1, -0.05) is 6.92 Å². The second kappa shape index (κ2) is 5.52. The van der Waals surface area contributed by atoms with Gasteiger partial charge in [-0.3, -0.25) is 10.2 Å². The number of amides is 1. The number of nitrogens with one attached hydrogen (secondary N) is 1. The van der Waals surface area contributed by atoms with Gasteiger partial charge in [-0.25, -0.2) is 5.84 Å². The fraction of sp³-hybridized carbons (Fsp3) is 0.800. The van der Waals surface area contributed by atoms with Crippen molar-refractivity contribution >= 4 is 17.1 Å². The molecule has 1 atom stereocenters. The first-order chi connectivity index (χ1) is 4.70. The fourth-order valence-electron chi connectivity index (χ4n) is 0.488. The van der Waals surface area contributed by atoms with Crippen molar-refractivity contribution in [1.29, 1.82) is 0 Å². The molecule has 0 heterocycles. The van der Waals surface area contributed by atoms with Crippen LogP contribution in [0.25, 0.3) is 0 Å². The first kappa shape index (κ1) is 9.74. The Morgan fingerprint density at radius 1 is 1.80 bits per heavy atom. The number of hydrazine groups is 1. The molecule has 0 spiro atoms. The molecular formula is C5H12N2O2S. The van der Waals surface area contributed by atoms with Crippen molar-refractivity contribution < 1.29 is 9.35 Å². The van der Waals surface area contributed by atoms with Gasteiger partial charge in [0.15, 0.2) is 5.75 Å². The second-order valence-corrected chi connectivity index (χ2v) is 3.43. The standard InChI is InChI=1S/C5H12N2O2S/c1-2-3-10(9)4-5(8)7-6/h2-4,6H2,1H3,(H,7,8). The number of nitrogens with two attached hydrogens (primary N) is 1. The lowest BCUT2D eigenvalue weighted by Gasteiger charge is -2.07. The van der Waals surface area contributed by atoms with Crippen LogP contribution in [0.1, 0.15) is 13.3 Å². The summed E-state index contributed by atoms with van der Waals surface area (Å²) in [5.74, 6) is 4.99. The van der Waals surface area contributed by atoms with E-state index in [4.69, 9.17) is 5.84 Å². The molecule has 0 aromatic rings. The highest BCUT2D eigenvalue weighted by Gasteiger charge is 2.09. The number of carbonyl (C=O) groups excluding carboxylic acids is 1. The van der Waals surface area contributed by atoms with Gasteiger partial charge >= 0.3 is 0 Å². The van der Waals surface area contributed by atoms with E-state index in [2.05, 4.69) is 0 Å². The SMILES string of the molecule is CCC[S+]([O-])CC(=O)NN. The summed E-state index contributed by atoms with van der Waals surface area (Å²) in [5.41, 5.74) is 1.92. The summed E-state index contributed by atoms with van der Waals surface area (Å²) in [6.07, 6.45) is 0.824. The molecule has 0 aromatic carbocycles. The van der Waals surface area contributed by atoms with Crippen LogP contribution in [0.15, 0.2) is 0 Å². The first-order valence-electron chi connectivity index (χ1n) is 3.05. The molecule has 0 bridgehead atoms. The van der Waals surface area contributed by atoms with Crippen LogP contribution < -0.4 is 11.3 Å². The molecule has 0 fully saturated rings. The molecule has 60 valence electrons. The highest BCUT2D eigenvalue weighted by Crippen LogP contribution is 1.92. The van der Waals surface area contributed by atoms with Crippen LogP contribution in [0, 0.1) is 0 Å². The summed E-state index contributed by atoms with van der Waals surface area (Å²) in [5, 5.41) is 0. The van der Waals surface area contributed by atoms with Crippen molar-refractivity contribution in [2.24, 2.45) is 5.84 Å². The summed E-state index contributed by atoms with van der Waals surface area (Å²) < 4.78 is 10.8. The minimum Gasteiger partial charge on any atom is -0.616 e. The molecule has 0 aromatic heterocycles. The Balaban J connectivity index is 3.37. The largest absolute Gasteiger partial charge is 0.616 e. The highest BCUT2D eigenvalue weighted by atomic mass is 32.2. The van der Waals surface area contributed by atoms with Crippen LogP contribution in [0.4, 0.5) is 0 Å². The Morgan fingerprint density at radius 3 is 2.80 bits per heavy atom. The lowest BCUT2D eigenvalue weighted by atomic mass is 10.6. The van der Waals surface area contributed by atoms with E-state index < -0.39 is 11.2 Å². The van der Waals surface area contributed by atoms with E-state index in [0.717, 1.165) is 6.42 Å². The molecule has 0 rings (SSSR count). The summed E-state index contributed by atoms with van der Waals surface area (Å²) in [6.45, 7) is 1.91. The molecule has 0 saturated carbocycles. The van der Waals surface area contributed by atoms with Crippen molar-refractivity contribution in [1.82, 2.24) is 5.43 Å². The van der Waals surface area contributed by atoms with Gasteiger partial charge in [-0.05, 0) is 17.6 Å². The molecule has 1 amide bonds. The molecule has 4 nitrogen and oxygen atoms in total. The predicted octanol–water partition coefficient (Wildman–Crippen LogP) is -0.865. The number of carbonyl (C=O) groups is 1. The fourth-order valence-corrected chi connectivity index (χ4v) is 1.46. The average Bonchev–Trinajstić information content (AvgIpc) is 1.88. The Morgan fingerprint density at radius 2 is 2.40 bits per heavy atom. The molecule has 1 unspecified atom stereocenters. The predicted molar refractivity (Wildman–Crippen MR) is 40.5 cm³/mol. The molecule has 10 heavy (non-hydrogen) atoms. The molecule has 0 aliphatic rings. The zero-order valence-electron chi connectivity index (χ0n) is 5.92. The van der Waals surface area contributed by atoms with Crippen LogP contribution in [0.2, 0.25) is 0 Å². The van der Waals surface area contributed by atoms with Crippen LogP contribution in [-0.2, 0) is 16.0 Å². The number of hydrogen-bond acceptors (Lipinski definition) is 3. The van der Waals surface area contributed by atoms with Gasteiger partial charge in [0.2, 0.25) is 0 Å². The molecule has 0 aliphatic carbocycles. The van der Waals surface area contributed by atoms with E-state index in [-0.39, 0.29) is 11.7 Å². The van der Waals surface area contributed by atoms with Gasteiger partial charge in [-0.15, -0.1) is 0 Å². The van der Waals surface area contributed by atoms with E-state index in [9.17, 15) is 9.35 Å². The summed E-state index contributed by atoms with van der Waals surface area (Å²) >= 11 is -1.04. The van der Waals surface area contributed by atoms with E-state index in [0.29, 0.717) is 5.75 Å². The number of hydrogen-bond donors (Lipinski definition) is 2. The summed E-state index contributed by atoms with van der Waals surface area (Å²) in [6, 6.07) is 0. The third-order valence-corrected chi connectivity index (χ3v) is 2.33. The topological polar surface area (TPSA) is 78.2 Å². The Bertz CT molecular complexity index is 110. The monoisotopic (exact) mass is 164 g/mol. The molecule has 0 saturated heterocycles. The van der Waals surface area contributed by atoms with Crippen LogP contribution in [0.3, 0.4) is 0 Å². The minimum absolute atomic E-state index is 0.0182. The normalized spacial score (nSPS) is 12.7. The van der Waals surface area contributed by atoms with Crippen molar-refractivity contribution in [3.8, 4) is 0 Å². The average molecular weight is 164 g/mol. The van der Waals surface area contributed by atoms with Crippen molar-refractivity contribution in [2.75, 3.05) is 11.5 Å². The van der Waals surface area contributed by atoms with Crippen LogP contribution in [0.5, 0.6) is 0 Å². The maximum absolute atomic E-state index is 10.8. The highest BCUT2D eigenvalue weighted by molar-refractivity contribution is 7.92. The number of rotatable bonds is 4. The van der Waals surface area contributed by atoms with E-state index in [1.165, 1.54) is 0 Å². The lowest BCUT2D eigenvalue weighted by molar-refractivity contribution is -0.118. The van der Waals surface area contributed by atoms with Crippen LogP contribution in [-0.4, -0.2) is 22.0 Å². The smallest absolute Gasteiger partial charge is 0.283 e. The Hall–Kier alpha value is -0.260. The third kappa shape index (κ3) is 4.60. The summed E-state index contributed by atoms with van der Waals surface area (Å²) in [4.78, 5) is 10.5. The molecular weight excluding hydrogens is 152 g/mol. The van der Waals surface area contributed by atoms with Gasteiger partial charge in [0.25, 0.3) is 5.91 Å². The quantitative estimate of drug-likeness (QED) is 0.245. The third-order valence-electron chi connectivity index (χ3n) is 0.885. The van der Waals surface area contributed by atoms with Crippen molar-refractivity contribution in [3.05, 3.63) is 0 Å². The zero-order valence-corrected chi connectivity index (χ0v) is 6.74. The van der Waals surface area contributed by atoms with E-state index in [1.54, 1.807) is 0 Å². The van der Waals surface area contributed by atoms with Gasteiger partial charge < -0.3 is 4.55 Å². The maximum atomic E-state index is 10.8. The van der Waals surface area contributed by atoms with Crippen molar-refractivity contribution in [2.45, 2.75) is 13.3 Å². The lowest BCUT2D eigenvalue weighted by Crippen LogP contribution is -2.35. The van der Waals surface area contributed by atoms with Gasteiger partial charge in [0.05, 0.1) is 0 Å².